The summed E-state index contributed by atoms with van der Waals surface area (Å²) < 4.78 is 15.0. The van der Waals surface area contributed by atoms with Crippen molar-refractivity contribution in [2.45, 2.75) is 0 Å². The topological polar surface area (TPSA) is 78.9 Å². The molecule has 202 valence electrons. The Kier molecular flexibility index (Phi) is 4.85. The fourth-order valence-electron chi connectivity index (χ4n) is 6.68. The van der Waals surface area contributed by atoms with Crippen molar-refractivity contribution in [3.63, 3.8) is 0 Å². The zero-order valence-electron chi connectivity index (χ0n) is 22.9. The first-order chi connectivity index (χ1) is 21.2. The van der Waals surface area contributed by atoms with Crippen LogP contribution in [-0.2, 0) is 0 Å². The average Bonchev–Trinajstić information content (AvgIpc) is 3.72. The van der Waals surface area contributed by atoms with Crippen molar-refractivity contribution in [3.05, 3.63) is 126 Å². The summed E-state index contributed by atoms with van der Waals surface area (Å²) >= 11 is 0. The maximum atomic E-state index is 8.24. The van der Waals surface area contributed by atoms with E-state index in [1.165, 1.54) is 12.4 Å². The number of hydrogen-bond acceptors (Lipinski definition) is 4. The monoisotopic (exact) mass is 553 g/mol. The predicted octanol–water partition coefficient (Wildman–Crippen LogP) is 10.2. The van der Waals surface area contributed by atoms with Crippen LogP contribution in [0.15, 0.2) is 124 Å². The van der Waals surface area contributed by atoms with Crippen LogP contribution in [0.25, 0.3) is 82.5 Å². The molecule has 0 radical (unpaired) electrons. The molecular formula is C38H23N3O2. The zero-order valence-corrected chi connectivity index (χ0v) is 22.9. The maximum Gasteiger partial charge on any atom is 0.145 e. The molecule has 3 heterocycles. The van der Waals surface area contributed by atoms with Crippen molar-refractivity contribution in [3.8, 4) is 16.8 Å². The summed E-state index contributed by atoms with van der Waals surface area (Å²) in [5, 5.41) is 22.6. The summed E-state index contributed by atoms with van der Waals surface area (Å²) in [5.41, 5.74) is 9.80. The summed E-state index contributed by atoms with van der Waals surface area (Å²) in [4.78, 5) is 0. The van der Waals surface area contributed by atoms with E-state index in [-0.39, 0.29) is 0 Å². The van der Waals surface area contributed by atoms with E-state index in [4.69, 9.17) is 19.7 Å². The standard InChI is InChI=1S/C38H23N3O2/c39-20-24-6-5-9-31(30(24)21-40)41-32-16-13-22(23-12-14-27-25-7-1-3-10-34(25)42-36(27)19-23)18-29(32)37-33(41)17-15-28-26-8-2-4-11-35(26)43-38(28)37/h1-21,39-40H. The van der Waals surface area contributed by atoms with Crippen LogP contribution < -0.4 is 0 Å². The van der Waals surface area contributed by atoms with Crippen LogP contribution >= 0.6 is 0 Å². The van der Waals surface area contributed by atoms with Gasteiger partial charge in [-0.05, 0) is 65.7 Å². The minimum atomic E-state index is 0.695. The third kappa shape index (κ3) is 3.27. The van der Waals surface area contributed by atoms with Gasteiger partial charge in [-0.2, -0.15) is 0 Å². The highest BCUT2D eigenvalue weighted by atomic mass is 16.3. The van der Waals surface area contributed by atoms with Gasteiger partial charge in [0.2, 0.25) is 0 Å². The molecule has 0 bridgehead atoms. The van der Waals surface area contributed by atoms with Crippen LogP contribution in [0, 0.1) is 10.8 Å². The van der Waals surface area contributed by atoms with Crippen molar-refractivity contribution < 1.29 is 8.83 Å². The molecule has 9 aromatic rings. The molecule has 0 unspecified atom stereocenters. The van der Waals surface area contributed by atoms with Crippen LogP contribution in [0.4, 0.5) is 0 Å². The molecule has 5 nitrogen and oxygen atoms in total. The quantitative estimate of drug-likeness (QED) is 0.213. The van der Waals surface area contributed by atoms with Gasteiger partial charge < -0.3 is 24.2 Å². The molecule has 0 atom stereocenters. The lowest BCUT2D eigenvalue weighted by Crippen LogP contribution is -2.02. The normalized spacial score (nSPS) is 11.9. The molecule has 0 aliphatic carbocycles. The second-order valence-corrected chi connectivity index (χ2v) is 10.9. The third-order valence-corrected chi connectivity index (χ3v) is 8.64. The van der Waals surface area contributed by atoms with Crippen LogP contribution in [0.1, 0.15) is 11.1 Å². The average molecular weight is 554 g/mol. The Morgan fingerprint density at radius 1 is 0.512 bits per heavy atom. The lowest BCUT2D eigenvalue weighted by molar-refractivity contribution is 0.669. The summed E-state index contributed by atoms with van der Waals surface area (Å²) in [6.07, 6.45) is 2.64. The summed E-state index contributed by atoms with van der Waals surface area (Å²) in [6.45, 7) is 0. The van der Waals surface area contributed by atoms with Crippen molar-refractivity contribution in [1.29, 1.82) is 10.8 Å². The first-order valence-corrected chi connectivity index (χ1v) is 14.2. The molecule has 0 aliphatic heterocycles. The summed E-state index contributed by atoms with van der Waals surface area (Å²) in [5.74, 6) is 0. The van der Waals surface area contributed by atoms with Crippen LogP contribution in [0.3, 0.4) is 0 Å². The molecule has 43 heavy (non-hydrogen) atoms. The predicted molar refractivity (Wildman–Crippen MR) is 177 cm³/mol. The Bertz CT molecular complexity index is 2610. The van der Waals surface area contributed by atoms with Gasteiger partial charge in [-0.3, -0.25) is 0 Å². The number of para-hydroxylation sites is 2. The van der Waals surface area contributed by atoms with Crippen LogP contribution in [0.5, 0.6) is 0 Å². The lowest BCUT2D eigenvalue weighted by Gasteiger charge is -2.13. The number of nitrogens with one attached hydrogen (secondary N) is 2. The maximum absolute atomic E-state index is 8.24. The molecule has 2 N–H and O–H groups in total. The number of furan rings is 2. The minimum Gasteiger partial charge on any atom is -0.456 e. The smallest absolute Gasteiger partial charge is 0.145 e. The van der Waals surface area contributed by atoms with Gasteiger partial charge >= 0.3 is 0 Å². The molecule has 0 saturated carbocycles. The lowest BCUT2D eigenvalue weighted by atomic mass is 10.0. The molecule has 0 saturated heterocycles. The van der Waals surface area contributed by atoms with Crippen molar-refractivity contribution >= 4 is 78.1 Å². The van der Waals surface area contributed by atoms with E-state index >= 15 is 0 Å². The molecule has 5 heteroatoms. The molecule has 0 fully saturated rings. The number of hydrogen-bond donors (Lipinski definition) is 2. The Labute approximate surface area is 245 Å². The zero-order chi connectivity index (χ0) is 28.7. The third-order valence-electron chi connectivity index (χ3n) is 8.64. The van der Waals surface area contributed by atoms with Gasteiger partial charge in [0.15, 0.2) is 0 Å². The molecule has 0 aliphatic rings. The number of rotatable bonds is 4. The number of aromatic nitrogens is 1. The highest BCUT2D eigenvalue weighted by Gasteiger charge is 2.21. The van der Waals surface area contributed by atoms with Crippen molar-refractivity contribution in [2.75, 3.05) is 0 Å². The van der Waals surface area contributed by atoms with E-state index in [1.807, 2.05) is 54.6 Å². The van der Waals surface area contributed by atoms with Crippen molar-refractivity contribution in [2.24, 2.45) is 0 Å². The van der Waals surface area contributed by atoms with Gasteiger partial charge in [-0.15, -0.1) is 0 Å². The molecule has 9 rings (SSSR count). The van der Waals surface area contributed by atoms with Crippen LogP contribution in [0.2, 0.25) is 0 Å². The molecule has 0 amide bonds. The Morgan fingerprint density at radius 3 is 2.00 bits per heavy atom. The van der Waals surface area contributed by atoms with Gasteiger partial charge in [0.25, 0.3) is 0 Å². The number of nitrogens with zero attached hydrogens (tertiary/aromatic N) is 1. The second kappa shape index (κ2) is 8.78. The van der Waals surface area contributed by atoms with Gasteiger partial charge in [0.05, 0.1) is 22.1 Å². The van der Waals surface area contributed by atoms with Crippen LogP contribution in [-0.4, -0.2) is 17.0 Å². The summed E-state index contributed by atoms with van der Waals surface area (Å²) in [6, 6.07) is 39.3. The molecule has 6 aromatic carbocycles. The Morgan fingerprint density at radius 2 is 1.19 bits per heavy atom. The van der Waals surface area contributed by atoms with E-state index < -0.39 is 0 Å². The van der Waals surface area contributed by atoms with Gasteiger partial charge in [0, 0.05) is 50.5 Å². The Balaban J connectivity index is 1.38. The molecule has 3 aromatic heterocycles. The number of benzene rings is 6. The second-order valence-electron chi connectivity index (χ2n) is 10.9. The van der Waals surface area contributed by atoms with E-state index in [2.05, 4.69) is 65.2 Å². The summed E-state index contributed by atoms with van der Waals surface area (Å²) in [7, 11) is 0. The van der Waals surface area contributed by atoms with E-state index in [0.29, 0.717) is 11.1 Å². The first-order valence-electron chi connectivity index (χ1n) is 14.2. The van der Waals surface area contributed by atoms with Gasteiger partial charge in [0.1, 0.15) is 22.3 Å². The SMILES string of the molecule is N=Cc1cccc(-n2c3ccc(-c4ccc5c(c4)oc4ccccc45)cc3c3c4oc5ccccc5c4ccc32)c1C=N. The highest BCUT2D eigenvalue weighted by molar-refractivity contribution is 6.24. The molecular weight excluding hydrogens is 530 g/mol. The molecule has 0 spiro atoms. The minimum absolute atomic E-state index is 0.695. The fourth-order valence-corrected chi connectivity index (χ4v) is 6.68. The van der Waals surface area contributed by atoms with Gasteiger partial charge in [-0.1, -0.05) is 60.7 Å². The Hall–Kier alpha value is -5.94. The fraction of sp³-hybridized carbons (Fsp3) is 0. The van der Waals surface area contributed by atoms with Gasteiger partial charge in [-0.25, -0.2) is 0 Å². The van der Waals surface area contributed by atoms with E-state index in [9.17, 15) is 0 Å². The van der Waals surface area contributed by atoms with E-state index in [1.54, 1.807) is 0 Å². The number of fused-ring (bicyclic) bond motifs is 10. The first kappa shape index (κ1) is 23.7. The highest BCUT2D eigenvalue weighted by Crippen LogP contribution is 2.42. The van der Waals surface area contributed by atoms with Crippen molar-refractivity contribution in [1.82, 2.24) is 4.57 Å². The largest absolute Gasteiger partial charge is 0.456 e. The van der Waals surface area contributed by atoms with E-state index in [0.717, 1.165) is 82.5 Å².